The number of aryl methyl sites for hydroxylation is 1. The molecule has 28 heavy (non-hydrogen) atoms. The standard InChI is InChI=1S/C23H21N3O2/c1-16-13-14-20(27-2)19(15-16)24-21(17-9-5-3-6-10-17)23-26-25-22(28-23)18-11-7-4-8-12-18/h3-15,21,24H,1-2H3. The molecule has 1 aromatic heterocycles. The number of ether oxygens (including phenoxy) is 1. The number of aromatic nitrogens is 2. The fourth-order valence-corrected chi connectivity index (χ4v) is 3.07. The predicted molar refractivity (Wildman–Crippen MR) is 109 cm³/mol. The summed E-state index contributed by atoms with van der Waals surface area (Å²) in [4.78, 5) is 0. The van der Waals surface area contributed by atoms with Crippen molar-refractivity contribution in [1.82, 2.24) is 10.2 Å². The number of benzene rings is 3. The first-order chi connectivity index (χ1) is 13.7. The lowest BCUT2D eigenvalue weighted by atomic mass is 10.1. The highest BCUT2D eigenvalue weighted by Crippen LogP contribution is 2.33. The molecule has 0 aliphatic heterocycles. The second-order valence-corrected chi connectivity index (χ2v) is 6.50. The van der Waals surface area contributed by atoms with Gasteiger partial charge in [-0.05, 0) is 42.3 Å². The minimum absolute atomic E-state index is 0.304. The summed E-state index contributed by atoms with van der Waals surface area (Å²) in [6.07, 6.45) is 0. The van der Waals surface area contributed by atoms with Crippen molar-refractivity contribution in [3.8, 4) is 17.2 Å². The fraction of sp³-hybridized carbons (Fsp3) is 0.130. The molecule has 0 bridgehead atoms. The zero-order chi connectivity index (χ0) is 19.3. The topological polar surface area (TPSA) is 60.2 Å². The van der Waals surface area contributed by atoms with Crippen LogP contribution in [0.3, 0.4) is 0 Å². The largest absolute Gasteiger partial charge is 0.495 e. The van der Waals surface area contributed by atoms with Crippen LogP contribution in [0.2, 0.25) is 0 Å². The smallest absolute Gasteiger partial charge is 0.247 e. The summed E-state index contributed by atoms with van der Waals surface area (Å²) in [7, 11) is 1.66. The number of rotatable bonds is 6. The zero-order valence-electron chi connectivity index (χ0n) is 15.8. The molecule has 1 heterocycles. The van der Waals surface area contributed by atoms with Crippen LogP contribution >= 0.6 is 0 Å². The molecule has 0 radical (unpaired) electrons. The Labute approximate surface area is 164 Å². The molecule has 140 valence electrons. The molecule has 0 aliphatic rings. The van der Waals surface area contributed by atoms with Gasteiger partial charge in [-0.25, -0.2) is 0 Å². The molecule has 0 fully saturated rings. The molecular weight excluding hydrogens is 350 g/mol. The molecule has 0 amide bonds. The second kappa shape index (κ2) is 7.96. The molecule has 5 nitrogen and oxygen atoms in total. The van der Waals surface area contributed by atoms with E-state index in [-0.39, 0.29) is 6.04 Å². The average Bonchev–Trinajstić information content (AvgIpc) is 3.23. The fourth-order valence-electron chi connectivity index (χ4n) is 3.07. The molecule has 4 rings (SSSR count). The Morgan fingerprint density at radius 2 is 1.61 bits per heavy atom. The van der Waals surface area contributed by atoms with E-state index >= 15 is 0 Å². The molecule has 0 saturated heterocycles. The van der Waals surface area contributed by atoms with Crippen molar-refractivity contribution in [3.05, 3.63) is 95.9 Å². The van der Waals surface area contributed by atoms with Gasteiger partial charge >= 0.3 is 0 Å². The third-order valence-corrected chi connectivity index (χ3v) is 4.50. The van der Waals surface area contributed by atoms with Gasteiger partial charge in [0.1, 0.15) is 11.8 Å². The van der Waals surface area contributed by atoms with Crippen molar-refractivity contribution >= 4 is 5.69 Å². The number of anilines is 1. The van der Waals surface area contributed by atoms with Gasteiger partial charge in [-0.2, -0.15) is 0 Å². The van der Waals surface area contributed by atoms with Crippen molar-refractivity contribution < 1.29 is 9.15 Å². The highest BCUT2D eigenvalue weighted by molar-refractivity contribution is 5.60. The van der Waals surface area contributed by atoms with E-state index in [0.29, 0.717) is 11.8 Å². The lowest BCUT2D eigenvalue weighted by Crippen LogP contribution is -2.13. The molecule has 3 aromatic carbocycles. The van der Waals surface area contributed by atoms with Crippen LogP contribution in [0, 0.1) is 6.92 Å². The third-order valence-electron chi connectivity index (χ3n) is 4.50. The first kappa shape index (κ1) is 17.8. The van der Waals surface area contributed by atoms with Gasteiger partial charge in [-0.3, -0.25) is 0 Å². The molecule has 4 aromatic rings. The Morgan fingerprint density at radius 1 is 0.893 bits per heavy atom. The Kier molecular flexibility index (Phi) is 5.06. The minimum Gasteiger partial charge on any atom is -0.495 e. The molecule has 0 aliphatic carbocycles. The Hall–Kier alpha value is -3.60. The summed E-state index contributed by atoms with van der Waals surface area (Å²) in [5.74, 6) is 1.75. The van der Waals surface area contributed by atoms with E-state index in [0.717, 1.165) is 28.1 Å². The molecule has 0 spiro atoms. The number of methoxy groups -OCH3 is 1. The van der Waals surface area contributed by atoms with Crippen LogP contribution in [-0.4, -0.2) is 17.3 Å². The summed E-state index contributed by atoms with van der Waals surface area (Å²) in [5.41, 5.74) is 3.91. The quantitative estimate of drug-likeness (QED) is 0.501. The van der Waals surface area contributed by atoms with E-state index in [1.165, 1.54) is 0 Å². The van der Waals surface area contributed by atoms with Gasteiger partial charge in [0.2, 0.25) is 11.8 Å². The van der Waals surface area contributed by atoms with E-state index in [1.54, 1.807) is 7.11 Å². The minimum atomic E-state index is -0.304. The number of nitrogens with zero attached hydrogens (tertiary/aromatic N) is 2. The maximum Gasteiger partial charge on any atom is 0.247 e. The second-order valence-electron chi connectivity index (χ2n) is 6.50. The lowest BCUT2D eigenvalue weighted by molar-refractivity contribution is 0.415. The van der Waals surface area contributed by atoms with E-state index in [1.807, 2.05) is 85.8 Å². The van der Waals surface area contributed by atoms with Crippen molar-refractivity contribution in [1.29, 1.82) is 0 Å². The first-order valence-corrected chi connectivity index (χ1v) is 9.09. The van der Waals surface area contributed by atoms with Gasteiger partial charge in [-0.15, -0.1) is 10.2 Å². The Morgan fingerprint density at radius 3 is 2.32 bits per heavy atom. The maximum atomic E-state index is 6.04. The van der Waals surface area contributed by atoms with Crippen LogP contribution in [0.5, 0.6) is 5.75 Å². The molecule has 5 heteroatoms. The molecule has 1 N–H and O–H groups in total. The van der Waals surface area contributed by atoms with Crippen LogP contribution < -0.4 is 10.1 Å². The SMILES string of the molecule is COc1ccc(C)cc1NC(c1ccccc1)c1nnc(-c2ccccc2)o1. The van der Waals surface area contributed by atoms with Crippen molar-refractivity contribution in [3.63, 3.8) is 0 Å². The summed E-state index contributed by atoms with van der Waals surface area (Å²) in [6.45, 7) is 2.04. The highest BCUT2D eigenvalue weighted by Gasteiger charge is 2.22. The van der Waals surface area contributed by atoms with Crippen molar-refractivity contribution in [2.24, 2.45) is 0 Å². The van der Waals surface area contributed by atoms with E-state index in [2.05, 4.69) is 15.5 Å². The van der Waals surface area contributed by atoms with Crippen LogP contribution in [0.4, 0.5) is 5.69 Å². The normalized spacial score (nSPS) is 11.8. The number of nitrogens with one attached hydrogen (secondary N) is 1. The van der Waals surface area contributed by atoms with Crippen LogP contribution in [-0.2, 0) is 0 Å². The third kappa shape index (κ3) is 3.74. The van der Waals surface area contributed by atoms with Gasteiger partial charge in [0, 0.05) is 5.56 Å². The highest BCUT2D eigenvalue weighted by atomic mass is 16.5. The molecular formula is C23H21N3O2. The first-order valence-electron chi connectivity index (χ1n) is 9.09. The van der Waals surface area contributed by atoms with Crippen molar-refractivity contribution in [2.45, 2.75) is 13.0 Å². The summed E-state index contributed by atoms with van der Waals surface area (Å²) in [5, 5.41) is 12.1. The average molecular weight is 371 g/mol. The predicted octanol–water partition coefficient (Wildman–Crippen LogP) is 5.26. The summed E-state index contributed by atoms with van der Waals surface area (Å²) >= 11 is 0. The molecule has 0 saturated carbocycles. The van der Waals surface area contributed by atoms with Gasteiger partial charge < -0.3 is 14.5 Å². The van der Waals surface area contributed by atoms with Crippen molar-refractivity contribution in [2.75, 3.05) is 12.4 Å². The van der Waals surface area contributed by atoms with Crippen LogP contribution in [0.15, 0.2) is 83.3 Å². The van der Waals surface area contributed by atoms with Gasteiger partial charge in [0.05, 0.1) is 12.8 Å². The van der Waals surface area contributed by atoms with E-state index < -0.39 is 0 Å². The van der Waals surface area contributed by atoms with Crippen LogP contribution in [0.1, 0.15) is 23.1 Å². The summed E-state index contributed by atoms with van der Waals surface area (Å²) < 4.78 is 11.6. The van der Waals surface area contributed by atoms with E-state index in [4.69, 9.17) is 9.15 Å². The zero-order valence-corrected chi connectivity index (χ0v) is 15.8. The summed E-state index contributed by atoms with van der Waals surface area (Å²) in [6, 6.07) is 25.5. The molecule has 1 unspecified atom stereocenters. The van der Waals surface area contributed by atoms with Gasteiger partial charge in [-0.1, -0.05) is 54.6 Å². The number of hydrogen-bond acceptors (Lipinski definition) is 5. The Balaban J connectivity index is 1.74. The Bertz CT molecular complexity index is 1050. The molecule has 1 atom stereocenters. The van der Waals surface area contributed by atoms with Gasteiger partial charge in [0.25, 0.3) is 0 Å². The van der Waals surface area contributed by atoms with Crippen LogP contribution in [0.25, 0.3) is 11.5 Å². The van der Waals surface area contributed by atoms with E-state index in [9.17, 15) is 0 Å². The lowest BCUT2D eigenvalue weighted by Gasteiger charge is -2.19. The monoisotopic (exact) mass is 371 g/mol. The van der Waals surface area contributed by atoms with Gasteiger partial charge in [0.15, 0.2) is 0 Å². The number of hydrogen-bond donors (Lipinski definition) is 1. The maximum absolute atomic E-state index is 6.04.